The van der Waals surface area contributed by atoms with Crippen molar-refractivity contribution in [2.45, 2.75) is 6.92 Å². The van der Waals surface area contributed by atoms with Crippen LogP contribution in [0.2, 0.25) is 5.02 Å². The lowest BCUT2D eigenvalue weighted by atomic mass is 10.2. The molecule has 1 amide bonds. The van der Waals surface area contributed by atoms with Crippen molar-refractivity contribution in [1.82, 2.24) is 9.97 Å². The van der Waals surface area contributed by atoms with Gasteiger partial charge in [0, 0.05) is 22.5 Å². The van der Waals surface area contributed by atoms with E-state index in [1.807, 2.05) is 6.92 Å². The molecule has 0 unspecified atom stereocenters. The molecule has 0 bridgehead atoms. The summed E-state index contributed by atoms with van der Waals surface area (Å²) in [5.41, 5.74) is 2.72. The smallest absolute Gasteiger partial charge is 0.337 e. The molecule has 3 rings (SSSR count). The van der Waals surface area contributed by atoms with Crippen molar-refractivity contribution in [3.05, 3.63) is 76.7 Å². The minimum Gasteiger partial charge on any atom is -0.465 e. The van der Waals surface area contributed by atoms with Crippen molar-refractivity contribution < 1.29 is 14.3 Å². The second-order valence-corrected chi connectivity index (χ2v) is 6.26. The van der Waals surface area contributed by atoms with E-state index >= 15 is 0 Å². The third-order valence-corrected chi connectivity index (χ3v) is 4.40. The molecule has 28 heavy (non-hydrogen) atoms. The summed E-state index contributed by atoms with van der Waals surface area (Å²) in [6.07, 6.45) is 1.30. The lowest BCUT2D eigenvalue weighted by molar-refractivity contribution is 0.0600. The van der Waals surface area contributed by atoms with Gasteiger partial charge in [-0.3, -0.25) is 4.79 Å². The Bertz CT molecular complexity index is 1020. The molecule has 0 aliphatic heterocycles. The van der Waals surface area contributed by atoms with E-state index in [4.69, 9.17) is 11.6 Å². The van der Waals surface area contributed by atoms with Crippen LogP contribution in [0, 0.1) is 6.92 Å². The van der Waals surface area contributed by atoms with E-state index in [-0.39, 0.29) is 11.6 Å². The molecule has 0 aliphatic rings. The van der Waals surface area contributed by atoms with Gasteiger partial charge in [-0.15, -0.1) is 0 Å². The normalized spacial score (nSPS) is 10.2. The monoisotopic (exact) mass is 396 g/mol. The number of halogens is 1. The predicted octanol–water partition coefficient (Wildman–Crippen LogP) is 4.22. The van der Waals surface area contributed by atoms with Crippen LogP contribution >= 0.6 is 11.6 Å². The van der Waals surface area contributed by atoms with E-state index in [1.165, 1.54) is 19.5 Å². The molecular formula is C20H17ClN4O3. The number of rotatable bonds is 5. The maximum Gasteiger partial charge on any atom is 0.337 e. The Morgan fingerprint density at radius 3 is 2.54 bits per heavy atom. The second kappa shape index (κ2) is 8.49. The van der Waals surface area contributed by atoms with Crippen molar-refractivity contribution in [2.24, 2.45) is 0 Å². The number of esters is 1. The summed E-state index contributed by atoms with van der Waals surface area (Å²) < 4.78 is 4.67. The molecule has 7 nitrogen and oxygen atoms in total. The minimum atomic E-state index is -0.413. The van der Waals surface area contributed by atoms with Gasteiger partial charge in [-0.05, 0) is 48.9 Å². The number of benzene rings is 2. The first-order chi connectivity index (χ1) is 13.5. The van der Waals surface area contributed by atoms with Crippen LogP contribution in [0.15, 0.2) is 54.9 Å². The topological polar surface area (TPSA) is 93.2 Å². The highest BCUT2D eigenvalue weighted by Gasteiger charge is 2.12. The summed E-state index contributed by atoms with van der Waals surface area (Å²) >= 11 is 6.08. The summed E-state index contributed by atoms with van der Waals surface area (Å²) in [7, 11) is 1.33. The molecule has 0 fully saturated rings. The number of nitrogens with zero attached hydrogens (tertiary/aromatic N) is 2. The van der Waals surface area contributed by atoms with Gasteiger partial charge in [0.2, 0.25) is 0 Å². The van der Waals surface area contributed by atoms with Crippen LogP contribution in [0.3, 0.4) is 0 Å². The molecule has 0 saturated heterocycles. The van der Waals surface area contributed by atoms with Gasteiger partial charge in [-0.2, -0.15) is 0 Å². The third kappa shape index (κ3) is 4.44. The molecule has 0 atom stereocenters. The number of anilines is 3. The van der Waals surface area contributed by atoms with E-state index in [0.717, 1.165) is 5.56 Å². The average Bonchev–Trinajstić information content (AvgIpc) is 2.71. The van der Waals surface area contributed by atoms with Crippen LogP contribution in [-0.2, 0) is 4.74 Å². The number of ether oxygens (including phenoxy) is 1. The number of hydrogen-bond acceptors (Lipinski definition) is 6. The van der Waals surface area contributed by atoms with E-state index < -0.39 is 5.97 Å². The lowest BCUT2D eigenvalue weighted by Crippen LogP contribution is -2.15. The molecule has 0 spiro atoms. The summed E-state index contributed by atoms with van der Waals surface area (Å²) in [6, 6.07) is 13.5. The summed E-state index contributed by atoms with van der Waals surface area (Å²) in [6.45, 7) is 1.82. The Kier molecular flexibility index (Phi) is 5.86. The third-order valence-electron chi connectivity index (χ3n) is 3.99. The molecule has 1 aromatic heterocycles. The standard InChI is InChI=1S/C20H17ClN4O3/c1-12-15(21)4-3-5-16(12)25-19(26)17-10-18(23-11-22-17)24-14-8-6-13(7-9-14)20(27)28-2/h3-11H,1-2H3,(H,25,26)(H,22,23,24). The largest absolute Gasteiger partial charge is 0.465 e. The highest BCUT2D eigenvalue weighted by Crippen LogP contribution is 2.23. The van der Waals surface area contributed by atoms with E-state index in [9.17, 15) is 9.59 Å². The summed E-state index contributed by atoms with van der Waals surface area (Å²) in [4.78, 5) is 32.1. The molecule has 0 radical (unpaired) electrons. The number of aromatic nitrogens is 2. The van der Waals surface area contributed by atoms with Crippen molar-refractivity contribution in [3.63, 3.8) is 0 Å². The molecule has 8 heteroatoms. The highest BCUT2D eigenvalue weighted by molar-refractivity contribution is 6.31. The fourth-order valence-electron chi connectivity index (χ4n) is 2.43. The van der Waals surface area contributed by atoms with Crippen LogP contribution in [-0.4, -0.2) is 29.0 Å². The summed E-state index contributed by atoms with van der Waals surface area (Å²) in [5.74, 6) is -0.352. The number of carbonyl (C=O) groups excluding carboxylic acids is 2. The quantitative estimate of drug-likeness (QED) is 0.627. The van der Waals surface area contributed by atoms with E-state index in [2.05, 4.69) is 25.3 Å². The zero-order valence-corrected chi connectivity index (χ0v) is 15.9. The Labute approximate surface area is 166 Å². The van der Waals surface area contributed by atoms with Crippen molar-refractivity contribution in [2.75, 3.05) is 17.7 Å². The second-order valence-electron chi connectivity index (χ2n) is 5.85. The van der Waals surface area contributed by atoms with Crippen molar-refractivity contribution >= 4 is 40.7 Å². The number of nitrogens with one attached hydrogen (secondary N) is 2. The predicted molar refractivity (Wildman–Crippen MR) is 107 cm³/mol. The molecule has 0 saturated carbocycles. The highest BCUT2D eigenvalue weighted by atomic mass is 35.5. The molecule has 142 valence electrons. The van der Waals surface area contributed by atoms with Crippen LogP contribution in [0.5, 0.6) is 0 Å². The zero-order chi connectivity index (χ0) is 20.1. The molecule has 2 aromatic carbocycles. The van der Waals surface area contributed by atoms with Crippen LogP contribution in [0.1, 0.15) is 26.4 Å². The Hall–Kier alpha value is -3.45. The molecule has 2 N–H and O–H groups in total. The Morgan fingerprint density at radius 1 is 1.07 bits per heavy atom. The molecule has 1 heterocycles. The van der Waals surface area contributed by atoms with Crippen molar-refractivity contribution in [1.29, 1.82) is 0 Å². The maximum absolute atomic E-state index is 12.5. The Morgan fingerprint density at radius 2 is 1.82 bits per heavy atom. The number of hydrogen-bond donors (Lipinski definition) is 2. The summed E-state index contributed by atoms with van der Waals surface area (Å²) in [5, 5.41) is 6.42. The van der Waals surface area contributed by atoms with Gasteiger partial charge in [0.1, 0.15) is 17.8 Å². The fourth-order valence-corrected chi connectivity index (χ4v) is 2.61. The number of carbonyl (C=O) groups is 2. The first kappa shape index (κ1) is 19.3. The van der Waals surface area contributed by atoms with Crippen molar-refractivity contribution in [3.8, 4) is 0 Å². The van der Waals surface area contributed by atoms with Gasteiger partial charge in [-0.1, -0.05) is 17.7 Å². The molecule has 3 aromatic rings. The molecular weight excluding hydrogens is 380 g/mol. The fraction of sp³-hybridized carbons (Fsp3) is 0.100. The van der Waals surface area contributed by atoms with Gasteiger partial charge < -0.3 is 15.4 Å². The van der Waals surface area contributed by atoms with Gasteiger partial charge in [-0.25, -0.2) is 14.8 Å². The van der Waals surface area contributed by atoms with Gasteiger partial charge >= 0.3 is 5.97 Å². The van der Waals surface area contributed by atoms with E-state index in [0.29, 0.717) is 27.8 Å². The lowest BCUT2D eigenvalue weighted by Gasteiger charge is -2.10. The van der Waals surface area contributed by atoms with Gasteiger partial charge in [0.25, 0.3) is 5.91 Å². The van der Waals surface area contributed by atoms with Crippen LogP contribution < -0.4 is 10.6 Å². The SMILES string of the molecule is COC(=O)c1ccc(Nc2cc(C(=O)Nc3cccc(Cl)c3C)ncn2)cc1. The van der Waals surface area contributed by atoms with Gasteiger partial charge in [0.05, 0.1) is 12.7 Å². The molecule has 0 aliphatic carbocycles. The first-order valence-corrected chi connectivity index (χ1v) is 8.69. The van der Waals surface area contributed by atoms with Gasteiger partial charge in [0.15, 0.2) is 0 Å². The average molecular weight is 397 g/mol. The number of methoxy groups -OCH3 is 1. The van der Waals surface area contributed by atoms with Crippen LogP contribution in [0.25, 0.3) is 0 Å². The zero-order valence-electron chi connectivity index (χ0n) is 15.2. The maximum atomic E-state index is 12.5. The Balaban J connectivity index is 1.74. The van der Waals surface area contributed by atoms with E-state index in [1.54, 1.807) is 42.5 Å². The number of amides is 1. The van der Waals surface area contributed by atoms with Crippen LogP contribution in [0.4, 0.5) is 17.2 Å². The minimum absolute atomic E-state index is 0.197. The first-order valence-electron chi connectivity index (χ1n) is 8.32.